The summed E-state index contributed by atoms with van der Waals surface area (Å²) >= 11 is 0. The van der Waals surface area contributed by atoms with Crippen molar-refractivity contribution in [3.63, 3.8) is 0 Å². The summed E-state index contributed by atoms with van der Waals surface area (Å²) in [5, 5.41) is 17.3. The number of ether oxygens (including phenoxy) is 1. The number of carbonyl (C=O) groups excluding carboxylic acids is 2. The Kier molecular flexibility index (Phi) is 4.79. The zero-order valence-corrected chi connectivity index (χ0v) is 14.9. The van der Waals surface area contributed by atoms with Gasteiger partial charge in [-0.1, -0.05) is 26.0 Å². The summed E-state index contributed by atoms with van der Waals surface area (Å²) in [5.74, 6) is -0.289. The predicted molar refractivity (Wildman–Crippen MR) is 96.2 cm³/mol. The van der Waals surface area contributed by atoms with Gasteiger partial charge in [-0.05, 0) is 25.0 Å². The molecule has 0 aliphatic carbocycles. The Morgan fingerprint density at radius 2 is 2.04 bits per heavy atom. The van der Waals surface area contributed by atoms with Crippen LogP contribution >= 0.6 is 0 Å². The minimum Gasteiger partial charge on any atom is -0.507 e. The maximum Gasteiger partial charge on any atom is 0.343 e. The highest BCUT2D eigenvalue weighted by Crippen LogP contribution is 2.37. The van der Waals surface area contributed by atoms with E-state index in [1.807, 2.05) is 13.8 Å². The molecule has 2 aromatic rings. The summed E-state index contributed by atoms with van der Waals surface area (Å²) in [6.07, 6.45) is 3.02. The van der Waals surface area contributed by atoms with Crippen LogP contribution in [0.2, 0.25) is 0 Å². The van der Waals surface area contributed by atoms with Gasteiger partial charge in [0, 0.05) is 11.8 Å². The maximum atomic E-state index is 13.0. The van der Waals surface area contributed by atoms with Gasteiger partial charge in [-0.15, -0.1) is 0 Å². The number of phenols is 1. The quantitative estimate of drug-likeness (QED) is 0.632. The number of phenolic OH excluding ortho intramolecular Hbond substituents is 1. The molecule has 1 aromatic heterocycles. The number of nitrogens with one attached hydrogen (secondary N) is 1. The van der Waals surface area contributed by atoms with Crippen molar-refractivity contribution in [2.24, 2.45) is 5.92 Å². The summed E-state index contributed by atoms with van der Waals surface area (Å²) in [7, 11) is 0. The Hall–Kier alpha value is -3.09. The number of para-hydroxylation sites is 1. The first-order valence-corrected chi connectivity index (χ1v) is 8.49. The highest BCUT2D eigenvalue weighted by molar-refractivity contribution is 6.11. The topological polar surface area (TPSA) is 93.5 Å². The lowest BCUT2D eigenvalue weighted by Crippen LogP contribution is -2.29. The Bertz CT molecular complexity index is 883. The lowest BCUT2D eigenvalue weighted by molar-refractivity contribution is 0.0527. The van der Waals surface area contributed by atoms with Crippen molar-refractivity contribution < 1.29 is 19.4 Å². The van der Waals surface area contributed by atoms with Crippen LogP contribution in [0.5, 0.6) is 5.75 Å². The van der Waals surface area contributed by atoms with Gasteiger partial charge in [-0.3, -0.25) is 4.79 Å². The Balaban J connectivity index is 2.02. The number of rotatable bonds is 5. The van der Waals surface area contributed by atoms with E-state index in [9.17, 15) is 14.7 Å². The number of esters is 1. The number of nitrogens with zero attached hydrogens (tertiary/aromatic N) is 2. The number of fused-ring (bicyclic) bond motifs is 1. The van der Waals surface area contributed by atoms with Crippen molar-refractivity contribution in [1.29, 1.82) is 0 Å². The maximum absolute atomic E-state index is 13.0. The largest absolute Gasteiger partial charge is 0.507 e. The number of aromatic nitrogens is 2. The molecule has 1 aliphatic rings. The van der Waals surface area contributed by atoms with Crippen LogP contribution in [-0.4, -0.2) is 33.2 Å². The lowest BCUT2D eigenvalue weighted by Gasteiger charge is -2.29. The minimum atomic E-state index is -0.465. The van der Waals surface area contributed by atoms with Crippen LogP contribution in [0.25, 0.3) is 0 Å². The number of hydrogen-bond donors (Lipinski definition) is 2. The van der Waals surface area contributed by atoms with Gasteiger partial charge >= 0.3 is 5.97 Å². The van der Waals surface area contributed by atoms with Crippen molar-refractivity contribution in [3.8, 4) is 5.75 Å². The first-order valence-electron chi connectivity index (χ1n) is 8.49. The van der Waals surface area contributed by atoms with Crippen molar-refractivity contribution in [1.82, 2.24) is 9.78 Å². The van der Waals surface area contributed by atoms with Crippen molar-refractivity contribution in [3.05, 3.63) is 53.4 Å². The third-order valence-corrected chi connectivity index (χ3v) is 4.28. The van der Waals surface area contributed by atoms with Gasteiger partial charge in [0.1, 0.15) is 17.1 Å². The van der Waals surface area contributed by atoms with E-state index >= 15 is 0 Å². The van der Waals surface area contributed by atoms with E-state index in [4.69, 9.17) is 4.74 Å². The number of hydrogen-bond acceptors (Lipinski definition) is 6. The number of anilines is 1. The average molecular weight is 355 g/mol. The Morgan fingerprint density at radius 1 is 1.31 bits per heavy atom. The summed E-state index contributed by atoms with van der Waals surface area (Å²) in [6, 6.07) is 6.05. The molecule has 1 atom stereocenters. The van der Waals surface area contributed by atoms with Crippen LogP contribution < -0.4 is 5.32 Å². The molecule has 2 N–H and O–H groups in total. The van der Waals surface area contributed by atoms with E-state index in [0.29, 0.717) is 17.0 Å². The van der Waals surface area contributed by atoms with Gasteiger partial charge in [0.15, 0.2) is 5.78 Å². The van der Waals surface area contributed by atoms with Crippen molar-refractivity contribution >= 4 is 17.6 Å². The lowest BCUT2D eigenvalue weighted by atomic mass is 9.89. The highest BCUT2D eigenvalue weighted by atomic mass is 16.5. The molecule has 1 unspecified atom stereocenters. The van der Waals surface area contributed by atoms with Crippen LogP contribution in [0, 0.1) is 5.92 Å². The van der Waals surface area contributed by atoms with Gasteiger partial charge in [0.05, 0.1) is 24.4 Å². The van der Waals surface area contributed by atoms with Crippen LogP contribution in [0.4, 0.5) is 5.82 Å². The second kappa shape index (κ2) is 7.03. The van der Waals surface area contributed by atoms with Gasteiger partial charge < -0.3 is 15.2 Å². The third kappa shape index (κ3) is 2.96. The molecule has 0 fully saturated rings. The third-order valence-electron chi connectivity index (χ3n) is 4.28. The summed E-state index contributed by atoms with van der Waals surface area (Å²) in [5.41, 5.74) is 1.02. The average Bonchev–Trinajstić information content (AvgIpc) is 3.04. The van der Waals surface area contributed by atoms with E-state index < -0.39 is 5.97 Å². The predicted octanol–water partition coefficient (Wildman–Crippen LogP) is 3.15. The first kappa shape index (κ1) is 17.7. The van der Waals surface area contributed by atoms with Crippen LogP contribution in [0.3, 0.4) is 0 Å². The van der Waals surface area contributed by atoms with E-state index in [-0.39, 0.29) is 35.7 Å². The molecule has 1 aliphatic heterocycles. The van der Waals surface area contributed by atoms with Crippen LogP contribution in [0.1, 0.15) is 47.5 Å². The fourth-order valence-electron chi connectivity index (χ4n) is 3.10. The van der Waals surface area contributed by atoms with E-state index in [1.165, 1.54) is 12.3 Å². The zero-order chi connectivity index (χ0) is 18.8. The van der Waals surface area contributed by atoms with Crippen LogP contribution in [0.15, 0.2) is 42.2 Å². The summed E-state index contributed by atoms with van der Waals surface area (Å²) in [4.78, 5) is 25.1. The van der Waals surface area contributed by atoms with Gasteiger partial charge in [-0.2, -0.15) is 5.10 Å². The molecule has 3 rings (SSSR count). The van der Waals surface area contributed by atoms with Gasteiger partial charge in [0.2, 0.25) is 0 Å². The molecule has 7 heteroatoms. The SMILES string of the molecule is CCOC(=O)c1cnn2c1NC=C(C(=O)c1ccccc1O)C2C(C)C. The molecule has 136 valence electrons. The molecule has 0 spiro atoms. The summed E-state index contributed by atoms with van der Waals surface area (Å²) < 4.78 is 6.68. The molecule has 7 nitrogen and oxygen atoms in total. The highest BCUT2D eigenvalue weighted by Gasteiger charge is 2.34. The monoisotopic (exact) mass is 355 g/mol. The molecule has 0 saturated carbocycles. The van der Waals surface area contributed by atoms with Gasteiger partial charge in [-0.25, -0.2) is 9.48 Å². The summed E-state index contributed by atoms with van der Waals surface area (Å²) in [6.45, 7) is 5.94. The number of Topliss-reactive ketones (excluding diaryl/α,β-unsaturated/α-hetero) is 1. The number of allylic oxidation sites excluding steroid dienone is 1. The number of carbonyl (C=O) groups is 2. The minimum absolute atomic E-state index is 0.0341. The van der Waals surface area contributed by atoms with E-state index in [0.717, 1.165) is 0 Å². The zero-order valence-electron chi connectivity index (χ0n) is 14.9. The van der Waals surface area contributed by atoms with Gasteiger partial charge in [0.25, 0.3) is 0 Å². The second-order valence-corrected chi connectivity index (χ2v) is 6.35. The Morgan fingerprint density at radius 3 is 2.69 bits per heavy atom. The first-order chi connectivity index (χ1) is 12.5. The van der Waals surface area contributed by atoms with E-state index in [1.54, 1.807) is 36.0 Å². The fourth-order valence-corrected chi connectivity index (χ4v) is 3.10. The smallest absolute Gasteiger partial charge is 0.343 e. The Labute approximate surface area is 151 Å². The number of benzene rings is 1. The van der Waals surface area contributed by atoms with Crippen LogP contribution in [-0.2, 0) is 4.74 Å². The molecular formula is C19H21N3O4. The molecule has 0 saturated heterocycles. The standard InChI is InChI=1S/C19H21N3O4/c1-4-26-19(25)14-10-21-22-16(11(2)3)13(9-20-18(14)22)17(24)12-7-5-6-8-15(12)23/h5-11,16,20,23H,4H2,1-3H3. The van der Waals surface area contributed by atoms with Crippen molar-refractivity contribution in [2.45, 2.75) is 26.8 Å². The number of ketones is 1. The van der Waals surface area contributed by atoms with Crippen molar-refractivity contribution in [2.75, 3.05) is 11.9 Å². The molecular weight excluding hydrogens is 334 g/mol. The normalized spacial score (nSPS) is 15.8. The number of aromatic hydroxyl groups is 1. The molecule has 26 heavy (non-hydrogen) atoms. The fraction of sp³-hybridized carbons (Fsp3) is 0.316. The molecule has 2 heterocycles. The molecule has 0 radical (unpaired) electrons. The molecule has 0 amide bonds. The van der Waals surface area contributed by atoms with E-state index in [2.05, 4.69) is 10.4 Å². The molecule has 0 bridgehead atoms. The molecule has 1 aromatic carbocycles. The second-order valence-electron chi connectivity index (χ2n) is 6.35.